The molecule has 2 aromatic heterocycles. The van der Waals surface area contributed by atoms with Crippen LogP contribution in [0.5, 0.6) is 0 Å². The second-order valence-electron chi connectivity index (χ2n) is 7.60. The zero-order chi connectivity index (χ0) is 20.9. The molecule has 2 aliphatic rings. The Balaban J connectivity index is 1.82. The number of nitrogens with zero attached hydrogens (tertiary/aromatic N) is 3. The minimum absolute atomic E-state index is 0.164. The quantitative estimate of drug-likeness (QED) is 0.688. The maximum Gasteiger partial charge on any atom is 0.332 e. The molecule has 8 nitrogen and oxygen atoms in total. The second kappa shape index (κ2) is 7.21. The van der Waals surface area contributed by atoms with E-state index in [1.807, 2.05) is 0 Å². The average Bonchev–Trinajstić information content (AvgIpc) is 2.94. The monoisotopic (exact) mass is 427 g/mol. The predicted octanol–water partition coefficient (Wildman–Crippen LogP) is 0.933. The number of aromatic nitrogens is 2. The first kappa shape index (κ1) is 20.0. The SMILES string of the molecule is CNCCn1c(=O)n(CC2CC2(F)F)c(=O)c2c(C)c(CN3CCNC3=O)sc21. The number of carbonyl (C=O) groups is 1. The molecule has 2 aromatic rings. The van der Waals surface area contributed by atoms with Crippen LogP contribution < -0.4 is 21.9 Å². The van der Waals surface area contributed by atoms with Crippen molar-refractivity contribution in [1.82, 2.24) is 24.7 Å². The van der Waals surface area contributed by atoms with Gasteiger partial charge in [0.1, 0.15) is 4.83 Å². The molecule has 2 amide bonds. The number of hydrogen-bond donors (Lipinski definition) is 2. The van der Waals surface area contributed by atoms with E-state index >= 15 is 0 Å². The average molecular weight is 427 g/mol. The number of nitrogens with one attached hydrogen (secondary N) is 2. The van der Waals surface area contributed by atoms with Gasteiger partial charge in [-0.1, -0.05) is 0 Å². The van der Waals surface area contributed by atoms with E-state index in [1.165, 1.54) is 15.9 Å². The van der Waals surface area contributed by atoms with Crippen molar-refractivity contribution < 1.29 is 13.6 Å². The summed E-state index contributed by atoms with van der Waals surface area (Å²) in [5.41, 5.74) is -0.393. The predicted molar refractivity (Wildman–Crippen MR) is 106 cm³/mol. The summed E-state index contributed by atoms with van der Waals surface area (Å²) in [6.45, 7) is 3.80. The number of amides is 2. The molecule has 0 aromatic carbocycles. The van der Waals surface area contributed by atoms with E-state index in [0.29, 0.717) is 48.5 Å². The third kappa shape index (κ3) is 3.46. The minimum atomic E-state index is -2.81. The van der Waals surface area contributed by atoms with Gasteiger partial charge in [0.05, 0.1) is 11.9 Å². The van der Waals surface area contributed by atoms with Crippen molar-refractivity contribution in [2.24, 2.45) is 5.92 Å². The van der Waals surface area contributed by atoms with Crippen LogP contribution in [-0.2, 0) is 19.6 Å². The van der Waals surface area contributed by atoms with Gasteiger partial charge in [-0.25, -0.2) is 18.4 Å². The highest BCUT2D eigenvalue weighted by molar-refractivity contribution is 7.18. The maximum absolute atomic E-state index is 13.4. The number of aryl methyl sites for hydroxylation is 1. The van der Waals surface area contributed by atoms with Crippen molar-refractivity contribution in [2.75, 3.05) is 26.7 Å². The second-order valence-corrected chi connectivity index (χ2v) is 8.68. The van der Waals surface area contributed by atoms with Crippen LogP contribution in [-0.4, -0.2) is 52.7 Å². The van der Waals surface area contributed by atoms with E-state index in [-0.39, 0.29) is 19.0 Å². The zero-order valence-corrected chi connectivity index (χ0v) is 17.1. The Morgan fingerprint density at radius 2 is 2.00 bits per heavy atom. The largest absolute Gasteiger partial charge is 0.336 e. The minimum Gasteiger partial charge on any atom is -0.336 e. The first-order chi connectivity index (χ1) is 13.7. The highest BCUT2D eigenvalue weighted by Gasteiger charge is 2.57. The molecule has 3 heterocycles. The maximum atomic E-state index is 13.4. The normalized spacial score (nSPS) is 20.5. The molecule has 1 unspecified atom stereocenters. The van der Waals surface area contributed by atoms with Crippen LogP contribution in [0.1, 0.15) is 16.9 Å². The number of fused-ring (bicyclic) bond motifs is 1. The summed E-state index contributed by atoms with van der Waals surface area (Å²) in [7, 11) is 1.75. The summed E-state index contributed by atoms with van der Waals surface area (Å²) in [5, 5.41) is 6.09. The standard InChI is InChI=1S/C18H23F2N5O3S/c1-10-12(9-23-5-4-22-16(23)27)29-15-13(10)14(26)25(8-11-7-18(11,19)20)17(28)24(15)6-3-21-2/h11,21H,3-9H2,1-2H3,(H,22,27). The molecule has 1 saturated carbocycles. The Morgan fingerprint density at radius 3 is 2.59 bits per heavy atom. The lowest BCUT2D eigenvalue weighted by Gasteiger charge is -2.12. The van der Waals surface area contributed by atoms with Gasteiger partial charge in [0.25, 0.3) is 11.5 Å². The molecule has 2 N–H and O–H groups in total. The molecule has 1 aliphatic heterocycles. The molecule has 11 heteroatoms. The first-order valence-electron chi connectivity index (χ1n) is 9.55. The molecule has 158 valence electrons. The summed E-state index contributed by atoms with van der Waals surface area (Å²) in [5.74, 6) is -3.79. The topological polar surface area (TPSA) is 88.4 Å². The van der Waals surface area contributed by atoms with Crippen LogP contribution in [0.3, 0.4) is 0 Å². The van der Waals surface area contributed by atoms with Gasteiger partial charge in [-0.15, -0.1) is 11.3 Å². The van der Waals surface area contributed by atoms with Crippen molar-refractivity contribution in [3.8, 4) is 0 Å². The Hall–Kier alpha value is -2.27. The van der Waals surface area contributed by atoms with E-state index in [0.717, 1.165) is 9.44 Å². The Kier molecular flexibility index (Phi) is 4.97. The number of urea groups is 1. The van der Waals surface area contributed by atoms with Crippen LogP contribution in [0.25, 0.3) is 10.2 Å². The highest BCUT2D eigenvalue weighted by atomic mass is 32.1. The molecular weight excluding hydrogens is 404 g/mol. The van der Waals surface area contributed by atoms with Crippen LogP contribution in [0.2, 0.25) is 0 Å². The van der Waals surface area contributed by atoms with E-state index < -0.39 is 23.1 Å². The van der Waals surface area contributed by atoms with Crippen LogP contribution >= 0.6 is 11.3 Å². The van der Waals surface area contributed by atoms with Crippen molar-refractivity contribution in [1.29, 1.82) is 0 Å². The van der Waals surface area contributed by atoms with Gasteiger partial charge >= 0.3 is 11.7 Å². The number of rotatable bonds is 7. The van der Waals surface area contributed by atoms with Gasteiger partial charge in [-0.3, -0.25) is 13.9 Å². The number of thiophene rings is 1. The fraction of sp³-hybridized carbons (Fsp3) is 0.611. The highest BCUT2D eigenvalue weighted by Crippen LogP contribution is 2.49. The Morgan fingerprint density at radius 1 is 1.28 bits per heavy atom. The number of likely N-dealkylation sites (N-methyl/N-ethyl adjacent to an activating group) is 1. The summed E-state index contributed by atoms with van der Waals surface area (Å²) in [6, 6.07) is -0.164. The lowest BCUT2D eigenvalue weighted by molar-refractivity contribution is 0.0945. The zero-order valence-electron chi connectivity index (χ0n) is 16.3. The van der Waals surface area contributed by atoms with Gasteiger partial charge in [0, 0.05) is 49.9 Å². The molecule has 29 heavy (non-hydrogen) atoms. The Bertz CT molecular complexity index is 1090. The van der Waals surface area contributed by atoms with Crippen LogP contribution in [0.4, 0.5) is 13.6 Å². The van der Waals surface area contributed by atoms with Gasteiger partial charge < -0.3 is 15.5 Å². The molecule has 2 fully saturated rings. The Labute approximate surface area is 169 Å². The third-order valence-electron chi connectivity index (χ3n) is 5.62. The molecule has 0 bridgehead atoms. The summed E-state index contributed by atoms with van der Waals surface area (Å²) in [6.07, 6.45) is -0.300. The van der Waals surface area contributed by atoms with Crippen molar-refractivity contribution in [3.63, 3.8) is 0 Å². The van der Waals surface area contributed by atoms with Gasteiger partial charge in [0.15, 0.2) is 0 Å². The fourth-order valence-electron chi connectivity index (χ4n) is 3.70. The summed E-state index contributed by atoms with van der Waals surface area (Å²) in [4.78, 5) is 41.0. The summed E-state index contributed by atoms with van der Waals surface area (Å²) < 4.78 is 29.3. The van der Waals surface area contributed by atoms with Gasteiger partial charge in [-0.05, 0) is 19.5 Å². The lowest BCUT2D eigenvalue weighted by Crippen LogP contribution is -2.41. The lowest BCUT2D eigenvalue weighted by atomic mass is 10.2. The molecular formula is C18H23F2N5O3S. The molecule has 0 spiro atoms. The molecule has 1 aliphatic carbocycles. The van der Waals surface area contributed by atoms with Crippen molar-refractivity contribution in [2.45, 2.75) is 38.9 Å². The van der Waals surface area contributed by atoms with Crippen molar-refractivity contribution >= 4 is 27.6 Å². The van der Waals surface area contributed by atoms with Gasteiger partial charge in [0.2, 0.25) is 0 Å². The van der Waals surface area contributed by atoms with Gasteiger partial charge in [-0.2, -0.15) is 0 Å². The summed E-state index contributed by atoms with van der Waals surface area (Å²) >= 11 is 1.31. The molecule has 1 atom stereocenters. The number of carbonyl (C=O) groups excluding carboxylic acids is 1. The smallest absolute Gasteiger partial charge is 0.332 e. The molecule has 1 saturated heterocycles. The molecule has 0 radical (unpaired) electrons. The first-order valence-corrected chi connectivity index (χ1v) is 10.4. The van der Waals surface area contributed by atoms with E-state index in [9.17, 15) is 23.2 Å². The fourth-order valence-corrected chi connectivity index (χ4v) is 5.03. The third-order valence-corrected chi connectivity index (χ3v) is 6.92. The molecule has 4 rings (SSSR count). The van der Waals surface area contributed by atoms with E-state index in [2.05, 4.69) is 10.6 Å². The number of halogens is 2. The number of alkyl halides is 2. The number of hydrogen-bond acceptors (Lipinski definition) is 5. The van der Waals surface area contributed by atoms with E-state index in [4.69, 9.17) is 0 Å². The van der Waals surface area contributed by atoms with E-state index in [1.54, 1.807) is 18.9 Å². The van der Waals surface area contributed by atoms with Crippen LogP contribution in [0, 0.1) is 12.8 Å². The van der Waals surface area contributed by atoms with Crippen molar-refractivity contribution in [3.05, 3.63) is 31.3 Å². The van der Waals surface area contributed by atoms with Crippen LogP contribution in [0.15, 0.2) is 9.59 Å².